The van der Waals surface area contributed by atoms with E-state index < -0.39 is 0 Å². The monoisotopic (exact) mass is 453 g/mol. The number of halogens is 2. The molecule has 2 aromatic carbocycles. The highest BCUT2D eigenvalue weighted by molar-refractivity contribution is 6.33. The summed E-state index contributed by atoms with van der Waals surface area (Å²) in [4.78, 5) is 17.6. The fourth-order valence-corrected chi connectivity index (χ4v) is 4.63. The van der Waals surface area contributed by atoms with Crippen LogP contribution >= 0.6 is 23.2 Å². The second-order valence-electron chi connectivity index (χ2n) is 7.65. The van der Waals surface area contributed by atoms with Gasteiger partial charge in [-0.2, -0.15) is 0 Å². The average molecular weight is 454 g/mol. The van der Waals surface area contributed by atoms with Gasteiger partial charge in [0.05, 0.1) is 22.5 Å². The first-order valence-electron chi connectivity index (χ1n) is 10.2. The number of anilines is 1. The maximum Gasteiger partial charge on any atom is 0.270 e. The first kappa shape index (κ1) is 20.0. The molecule has 0 atom stereocenters. The molecule has 0 N–H and O–H groups in total. The van der Waals surface area contributed by atoms with Gasteiger partial charge < -0.3 is 18.8 Å². The molecule has 0 unspecified atom stereocenters. The summed E-state index contributed by atoms with van der Waals surface area (Å²) in [7, 11) is 0. The van der Waals surface area contributed by atoms with Crippen LogP contribution in [-0.4, -0.2) is 41.6 Å². The van der Waals surface area contributed by atoms with E-state index in [1.165, 1.54) is 0 Å². The highest BCUT2D eigenvalue weighted by Crippen LogP contribution is 2.28. The number of aromatic nitrogens is 1. The fourth-order valence-electron chi connectivity index (χ4n) is 4.16. The van der Waals surface area contributed by atoms with Gasteiger partial charge in [-0.15, -0.1) is 0 Å². The van der Waals surface area contributed by atoms with Gasteiger partial charge in [0.15, 0.2) is 5.58 Å². The highest BCUT2D eigenvalue weighted by Gasteiger charge is 2.26. The summed E-state index contributed by atoms with van der Waals surface area (Å²) < 4.78 is 7.59. The third-order valence-electron chi connectivity index (χ3n) is 5.73. The lowest BCUT2D eigenvalue weighted by Gasteiger charge is -2.36. The lowest BCUT2D eigenvalue weighted by atomic mass is 10.2. The van der Waals surface area contributed by atoms with E-state index in [0.717, 1.165) is 34.9 Å². The standard InChI is InChI=1S/C24H21Cl2N3O2/c25-18-5-3-4-17(14-18)16-29-21-8-13-31-23(21)15-22(29)24(30)28-11-9-27(10-12-28)20-7-2-1-6-19(20)26/h1-8,13-15H,9-12,16H2. The van der Waals surface area contributed by atoms with E-state index in [-0.39, 0.29) is 5.91 Å². The van der Waals surface area contributed by atoms with Crippen molar-refractivity contribution in [3.63, 3.8) is 0 Å². The highest BCUT2D eigenvalue weighted by atomic mass is 35.5. The van der Waals surface area contributed by atoms with Gasteiger partial charge >= 0.3 is 0 Å². The van der Waals surface area contributed by atoms with Crippen molar-refractivity contribution < 1.29 is 9.21 Å². The average Bonchev–Trinajstić information content (AvgIpc) is 3.37. The van der Waals surface area contributed by atoms with Crippen LogP contribution in [0.25, 0.3) is 11.1 Å². The number of rotatable bonds is 4. The number of carbonyl (C=O) groups excluding carboxylic acids is 1. The van der Waals surface area contributed by atoms with Crippen LogP contribution in [0.15, 0.2) is 71.3 Å². The van der Waals surface area contributed by atoms with Crippen molar-refractivity contribution in [1.82, 2.24) is 9.47 Å². The molecule has 2 aromatic heterocycles. The molecule has 1 amide bonds. The Bertz CT molecular complexity index is 1240. The van der Waals surface area contributed by atoms with E-state index in [4.69, 9.17) is 27.6 Å². The van der Waals surface area contributed by atoms with Crippen LogP contribution in [0.5, 0.6) is 0 Å². The Hall–Kier alpha value is -2.89. The first-order valence-corrected chi connectivity index (χ1v) is 11.0. The third kappa shape index (κ3) is 3.91. The Labute approximate surface area is 190 Å². The van der Waals surface area contributed by atoms with Crippen molar-refractivity contribution in [3.05, 3.63) is 88.2 Å². The quantitative estimate of drug-likeness (QED) is 0.406. The van der Waals surface area contributed by atoms with Crippen LogP contribution in [0.4, 0.5) is 5.69 Å². The molecule has 1 fully saturated rings. The molecule has 1 aliphatic heterocycles. The Morgan fingerprint density at radius 2 is 1.74 bits per heavy atom. The Kier molecular flexibility index (Phi) is 5.38. The van der Waals surface area contributed by atoms with E-state index in [1.807, 2.05) is 70.1 Å². The van der Waals surface area contributed by atoms with Crippen molar-refractivity contribution in [3.8, 4) is 0 Å². The number of nitrogens with zero attached hydrogens (tertiary/aromatic N) is 3. The number of amides is 1. The summed E-state index contributed by atoms with van der Waals surface area (Å²) in [5.41, 5.74) is 4.28. The molecule has 7 heteroatoms. The number of carbonyl (C=O) groups is 1. The second-order valence-corrected chi connectivity index (χ2v) is 8.49. The van der Waals surface area contributed by atoms with Crippen LogP contribution in [0.1, 0.15) is 16.1 Å². The number of piperazine rings is 1. The molecule has 158 valence electrons. The van der Waals surface area contributed by atoms with E-state index in [1.54, 1.807) is 6.26 Å². The topological polar surface area (TPSA) is 41.6 Å². The minimum absolute atomic E-state index is 0.00670. The minimum Gasteiger partial charge on any atom is -0.463 e. The predicted octanol–water partition coefficient (Wildman–Crippen LogP) is 5.55. The predicted molar refractivity (Wildman–Crippen MR) is 124 cm³/mol. The molecule has 1 saturated heterocycles. The minimum atomic E-state index is 0.00670. The largest absolute Gasteiger partial charge is 0.463 e. The molecular weight excluding hydrogens is 433 g/mol. The van der Waals surface area contributed by atoms with E-state index in [0.29, 0.717) is 35.9 Å². The summed E-state index contributed by atoms with van der Waals surface area (Å²) >= 11 is 12.5. The molecule has 4 aromatic rings. The lowest BCUT2D eigenvalue weighted by molar-refractivity contribution is 0.0737. The van der Waals surface area contributed by atoms with E-state index in [9.17, 15) is 4.79 Å². The van der Waals surface area contributed by atoms with Crippen LogP contribution < -0.4 is 4.90 Å². The van der Waals surface area contributed by atoms with Gasteiger partial charge in [0.2, 0.25) is 0 Å². The summed E-state index contributed by atoms with van der Waals surface area (Å²) in [6, 6.07) is 19.2. The van der Waals surface area contributed by atoms with Gasteiger partial charge in [-0.1, -0.05) is 47.5 Å². The molecule has 0 bridgehead atoms. The second kappa shape index (κ2) is 8.33. The molecule has 1 aliphatic rings. The van der Waals surface area contributed by atoms with Crippen molar-refractivity contribution in [2.75, 3.05) is 31.1 Å². The summed E-state index contributed by atoms with van der Waals surface area (Å²) in [6.45, 7) is 3.28. The molecule has 3 heterocycles. The molecule has 0 radical (unpaired) electrons. The number of benzene rings is 2. The maximum atomic E-state index is 13.4. The van der Waals surface area contributed by atoms with Gasteiger partial charge in [0.1, 0.15) is 5.69 Å². The lowest BCUT2D eigenvalue weighted by Crippen LogP contribution is -2.49. The zero-order valence-electron chi connectivity index (χ0n) is 16.8. The van der Waals surface area contributed by atoms with Gasteiger partial charge in [-0.3, -0.25) is 4.79 Å². The van der Waals surface area contributed by atoms with Gasteiger partial charge in [-0.05, 0) is 29.8 Å². The van der Waals surface area contributed by atoms with Crippen LogP contribution in [0.2, 0.25) is 10.0 Å². The maximum absolute atomic E-state index is 13.4. The third-order valence-corrected chi connectivity index (χ3v) is 6.29. The Balaban J connectivity index is 1.38. The SMILES string of the molecule is O=C(c1cc2occc2n1Cc1cccc(Cl)c1)N1CCN(c2ccccc2Cl)CC1. The summed E-state index contributed by atoms with van der Waals surface area (Å²) in [5.74, 6) is 0.00670. The van der Waals surface area contributed by atoms with Crippen molar-refractivity contribution in [2.24, 2.45) is 0 Å². The normalized spacial score (nSPS) is 14.4. The number of hydrogen-bond acceptors (Lipinski definition) is 3. The Morgan fingerprint density at radius 3 is 2.52 bits per heavy atom. The zero-order chi connectivity index (χ0) is 21.4. The molecule has 0 saturated carbocycles. The van der Waals surface area contributed by atoms with Crippen molar-refractivity contribution in [1.29, 1.82) is 0 Å². The van der Waals surface area contributed by atoms with Crippen molar-refractivity contribution >= 4 is 45.9 Å². The molecular formula is C24H21Cl2N3O2. The molecule has 31 heavy (non-hydrogen) atoms. The number of furan rings is 1. The van der Waals surface area contributed by atoms with Gasteiger partial charge in [0.25, 0.3) is 5.91 Å². The molecule has 5 rings (SSSR count). The van der Waals surface area contributed by atoms with Crippen LogP contribution in [0, 0.1) is 0 Å². The number of hydrogen-bond donors (Lipinski definition) is 0. The fraction of sp³-hybridized carbons (Fsp3) is 0.208. The number of fused-ring (bicyclic) bond motifs is 1. The summed E-state index contributed by atoms with van der Waals surface area (Å²) in [6.07, 6.45) is 1.65. The Morgan fingerprint density at radius 1 is 0.935 bits per heavy atom. The molecule has 0 spiro atoms. The van der Waals surface area contributed by atoms with Crippen molar-refractivity contribution in [2.45, 2.75) is 6.54 Å². The van der Waals surface area contributed by atoms with Crippen LogP contribution in [-0.2, 0) is 6.54 Å². The first-order chi connectivity index (χ1) is 15.1. The summed E-state index contributed by atoms with van der Waals surface area (Å²) in [5, 5.41) is 1.41. The smallest absolute Gasteiger partial charge is 0.270 e. The molecule has 0 aliphatic carbocycles. The molecule has 5 nitrogen and oxygen atoms in total. The zero-order valence-corrected chi connectivity index (χ0v) is 18.3. The van der Waals surface area contributed by atoms with Crippen LogP contribution in [0.3, 0.4) is 0 Å². The number of para-hydroxylation sites is 1. The van der Waals surface area contributed by atoms with E-state index in [2.05, 4.69) is 4.90 Å². The van der Waals surface area contributed by atoms with Gasteiger partial charge in [0, 0.05) is 49.9 Å². The van der Waals surface area contributed by atoms with Gasteiger partial charge in [-0.25, -0.2) is 0 Å². The van der Waals surface area contributed by atoms with E-state index >= 15 is 0 Å².